The van der Waals surface area contributed by atoms with Gasteiger partial charge in [0.05, 0.1) is 10.7 Å². The molecular weight excluding hydrogens is 372 g/mol. The van der Waals surface area contributed by atoms with Crippen molar-refractivity contribution in [3.8, 4) is 0 Å². The van der Waals surface area contributed by atoms with E-state index in [2.05, 4.69) is 10.7 Å². The van der Waals surface area contributed by atoms with Gasteiger partial charge in [0.15, 0.2) is 0 Å². The van der Waals surface area contributed by atoms with Crippen molar-refractivity contribution in [2.75, 3.05) is 38.6 Å². The van der Waals surface area contributed by atoms with Gasteiger partial charge in [-0.3, -0.25) is 9.59 Å². The number of rotatable bonds is 6. The molecule has 2 aromatic rings. The Bertz CT molecular complexity index is 816. The highest BCUT2D eigenvalue weighted by atomic mass is 32.1. The van der Waals surface area contributed by atoms with Gasteiger partial charge < -0.3 is 15.1 Å². The van der Waals surface area contributed by atoms with E-state index in [4.69, 9.17) is 4.98 Å². The standard InChI is InChI=1S/C21H28N4O2S/c1-15(26)22-11-10-18-14-28-20(23-18)17-5-4-12-25(13-17)21(27)16-6-8-19(9-7-16)24(2)3/h6-9,14,17H,4-5,10-13H2,1-3H3,(H,22,26). The number of hydrogen-bond acceptors (Lipinski definition) is 5. The molecule has 7 heteroatoms. The quantitative estimate of drug-likeness (QED) is 0.810. The lowest BCUT2D eigenvalue weighted by Crippen LogP contribution is -2.39. The van der Waals surface area contributed by atoms with Gasteiger partial charge in [-0.25, -0.2) is 4.98 Å². The minimum absolute atomic E-state index is 0.0181. The average Bonchev–Trinajstić information content (AvgIpc) is 3.16. The van der Waals surface area contributed by atoms with E-state index in [0.717, 1.165) is 47.8 Å². The third kappa shape index (κ3) is 5.10. The zero-order chi connectivity index (χ0) is 20.1. The number of aromatic nitrogens is 1. The van der Waals surface area contributed by atoms with Crippen LogP contribution in [0.25, 0.3) is 0 Å². The van der Waals surface area contributed by atoms with E-state index in [1.165, 1.54) is 6.92 Å². The van der Waals surface area contributed by atoms with Crippen LogP contribution in [-0.2, 0) is 11.2 Å². The van der Waals surface area contributed by atoms with E-state index in [9.17, 15) is 9.59 Å². The van der Waals surface area contributed by atoms with Crippen molar-refractivity contribution in [3.63, 3.8) is 0 Å². The summed E-state index contributed by atoms with van der Waals surface area (Å²) < 4.78 is 0. The molecule has 6 nitrogen and oxygen atoms in total. The monoisotopic (exact) mass is 400 g/mol. The fourth-order valence-corrected chi connectivity index (χ4v) is 4.42. The molecule has 1 atom stereocenters. The van der Waals surface area contributed by atoms with Crippen LogP contribution >= 0.6 is 11.3 Å². The van der Waals surface area contributed by atoms with Crippen LogP contribution in [0.3, 0.4) is 0 Å². The first kappa shape index (κ1) is 20.3. The Morgan fingerprint density at radius 3 is 2.71 bits per heavy atom. The highest BCUT2D eigenvalue weighted by Crippen LogP contribution is 2.30. The molecule has 1 fully saturated rings. The van der Waals surface area contributed by atoms with Crippen molar-refractivity contribution in [2.45, 2.75) is 32.1 Å². The Balaban J connectivity index is 1.61. The van der Waals surface area contributed by atoms with Gasteiger partial charge in [0.25, 0.3) is 5.91 Å². The molecule has 2 heterocycles. The van der Waals surface area contributed by atoms with Crippen LogP contribution in [0.4, 0.5) is 5.69 Å². The first-order valence-electron chi connectivity index (χ1n) is 9.69. The fourth-order valence-electron chi connectivity index (χ4n) is 3.44. The second-order valence-corrected chi connectivity index (χ2v) is 8.33. The number of hydrogen-bond donors (Lipinski definition) is 1. The van der Waals surface area contributed by atoms with E-state index >= 15 is 0 Å². The lowest BCUT2D eigenvalue weighted by atomic mass is 9.98. The van der Waals surface area contributed by atoms with Crippen molar-refractivity contribution in [2.24, 2.45) is 0 Å². The number of thiazole rings is 1. The summed E-state index contributed by atoms with van der Waals surface area (Å²) >= 11 is 1.66. The van der Waals surface area contributed by atoms with Gasteiger partial charge in [0.2, 0.25) is 5.91 Å². The summed E-state index contributed by atoms with van der Waals surface area (Å²) in [6.45, 7) is 3.64. The molecule has 0 radical (unpaired) electrons. The molecule has 1 aromatic carbocycles. The molecule has 0 spiro atoms. The molecular formula is C21H28N4O2S. The zero-order valence-corrected chi connectivity index (χ0v) is 17.6. The van der Waals surface area contributed by atoms with Crippen molar-refractivity contribution in [3.05, 3.63) is 45.9 Å². The Kier molecular flexibility index (Phi) is 6.67. The van der Waals surface area contributed by atoms with E-state index in [1.54, 1.807) is 11.3 Å². The zero-order valence-electron chi connectivity index (χ0n) is 16.8. The molecule has 1 aromatic heterocycles. The number of benzene rings is 1. The van der Waals surface area contributed by atoms with Crippen LogP contribution in [0, 0.1) is 0 Å². The number of nitrogens with zero attached hydrogens (tertiary/aromatic N) is 3. The SMILES string of the molecule is CC(=O)NCCc1csc(C2CCCN(C(=O)c3ccc(N(C)C)cc3)C2)n1. The van der Waals surface area contributed by atoms with Gasteiger partial charge in [-0.05, 0) is 37.1 Å². The maximum absolute atomic E-state index is 12.9. The van der Waals surface area contributed by atoms with Crippen LogP contribution in [0.1, 0.15) is 46.7 Å². The lowest BCUT2D eigenvalue weighted by Gasteiger charge is -2.32. The summed E-state index contributed by atoms with van der Waals surface area (Å²) in [6.07, 6.45) is 2.79. The molecule has 150 valence electrons. The number of amides is 2. The highest BCUT2D eigenvalue weighted by Gasteiger charge is 2.27. The Morgan fingerprint density at radius 1 is 1.29 bits per heavy atom. The summed E-state index contributed by atoms with van der Waals surface area (Å²) in [5.74, 6) is 0.367. The second-order valence-electron chi connectivity index (χ2n) is 7.44. The molecule has 1 saturated heterocycles. The predicted molar refractivity (Wildman–Crippen MR) is 113 cm³/mol. The van der Waals surface area contributed by atoms with Crippen LogP contribution < -0.4 is 10.2 Å². The maximum Gasteiger partial charge on any atom is 0.253 e. The van der Waals surface area contributed by atoms with Gasteiger partial charge in [-0.2, -0.15) is 0 Å². The molecule has 1 unspecified atom stereocenters. The minimum atomic E-state index is -0.0181. The molecule has 2 amide bonds. The first-order chi connectivity index (χ1) is 13.4. The highest BCUT2D eigenvalue weighted by molar-refractivity contribution is 7.09. The minimum Gasteiger partial charge on any atom is -0.378 e. The number of carbonyl (C=O) groups excluding carboxylic acids is 2. The molecule has 1 aliphatic heterocycles. The first-order valence-corrected chi connectivity index (χ1v) is 10.6. The van der Waals surface area contributed by atoms with Gasteiger partial charge in [-0.15, -0.1) is 11.3 Å². The van der Waals surface area contributed by atoms with E-state index in [1.807, 2.05) is 48.2 Å². The third-order valence-corrected chi connectivity index (χ3v) is 6.07. The van der Waals surface area contributed by atoms with Crippen LogP contribution in [0.15, 0.2) is 29.6 Å². The number of anilines is 1. The van der Waals surface area contributed by atoms with Crippen LogP contribution in [-0.4, -0.2) is 55.4 Å². The van der Waals surface area contributed by atoms with Crippen molar-refractivity contribution >= 4 is 28.8 Å². The lowest BCUT2D eigenvalue weighted by molar-refractivity contribution is -0.118. The number of piperidine rings is 1. The number of likely N-dealkylation sites (tertiary alicyclic amines) is 1. The van der Waals surface area contributed by atoms with Gasteiger partial charge in [0.1, 0.15) is 0 Å². The van der Waals surface area contributed by atoms with E-state index in [0.29, 0.717) is 19.0 Å². The number of carbonyl (C=O) groups is 2. The molecule has 1 N–H and O–H groups in total. The third-order valence-electron chi connectivity index (χ3n) is 5.01. The van der Waals surface area contributed by atoms with Crippen molar-refractivity contribution in [1.29, 1.82) is 0 Å². The summed E-state index contributed by atoms with van der Waals surface area (Å²) in [5.41, 5.74) is 2.83. The van der Waals surface area contributed by atoms with Crippen molar-refractivity contribution in [1.82, 2.24) is 15.2 Å². The van der Waals surface area contributed by atoms with E-state index in [-0.39, 0.29) is 11.8 Å². The van der Waals surface area contributed by atoms with Gasteiger partial charge in [0, 0.05) is 69.6 Å². The van der Waals surface area contributed by atoms with Crippen molar-refractivity contribution < 1.29 is 9.59 Å². The Morgan fingerprint density at radius 2 is 2.04 bits per heavy atom. The topological polar surface area (TPSA) is 65.5 Å². The Labute approximate surface area is 170 Å². The number of nitrogens with one attached hydrogen (secondary N) is 1. The summed E-state index contributed by atoms with van der Waals surface area (Å²) in [6, 6.07) is 7.78. The molecule has 0 aliphatic carbocycles. The summed E-state index contributed by atoms with van der Waals surface area (Å²) in [5, 5.41) is 5.97. The van der Waals surface area contributed by atoms with Gasteiger partial charge in [-0.1, -0.05) is 0 Å². The molecule has 28 heavy (non-hydrogen) atoms. The fraction of sp³-hybridized carbons (Fsp3) is 0.476. The largest absolute Gasteiger partial charge is 0.378 e. The normalized spacial score (nSPS) is 16.7. The molecule has 1 aliphatic rings. The van der Waals surface area contributed by atoms with Gasteiger partial charge >= 0.3 is 0 Å². The smallest absolute Gasteiger partial charge is 0.253 e. The average molecular weight is 401 g/mol. The molecule has 0 saturated carbocycles. The summed E-state index contributed by atoms with van der Waals surface area (Å²) in [4.78, 5) is 32.6. The molecule has 0 bridgehead atoms. The predicted octanol–water partition coefficient (Wildman–Crippen LogP) is 2.91. The maximum atomic E-state index is 12.9. The van der Waals surface area contributed by atoms with Crippen LogP contribution in [0.5, 0.6) is 0 Å². The van der Waals surface area contributed by atoms with E-state index < -0.39 is 0 Å². The Hall–Kier alpha value is -2.41. The molecule has 3 rings (SSSR count). The van der Waals surface area contributed by atoms with Crippen LogP contribution in [0.2, 0.25) is 0 Å². The summed E-state index contributed by atoms with van der Waals surface area (Å²) in [7, 11) is 3.98. The second kappa shape index (κ2) is 9.19.